The lowest BCUT2D eigenvalue weighted by Crippen LogP contribution is -2.43. The molecular weight excluding hydrogens is 258 g/mol. The molecule has 1 aromatic heterocycles. The zero-order chi connectivity index (χ0) is 14.0. The third-order valence-corrected chi connectivity index (χ3v) is 5.19. The van der Waals surface area contributed by atoms with E-state index in [1.54, 1.807) is 4.68 Å². The Balaban J connectivity index is 2.21. The molecule has 1 aliphatic carbocycles. The second-order valence-electron chi connectivity index (χ2n) is 6.15. The van der Waals surface area contributed by atoms with Crippen molar-refractivity contribution in [2.24, 2.45) is 12.5 Å². The summed E-state index contributed by atoms with van der Waals surface area (Å²) >= 11 is 6.38. The molecule has 1 N–H and O–H groups in total. The van der Waals surface area contributed by atoms with Crippen molar-refractivity contribution in [3.63, 3.8) is 0 Å². The van der Waals surface area contributed by atoms with Gasteiger partial charge in [-0.2, -0.15) is 5.10 Å². The number of aryl methyl sites for hydroxylation is 2. The topological polar surface area (TPSA) is 29.9 Å². The van der Waals surface area contributed by atoms with Crippen molar-refractivity contribution in [2.75, 3.05) is 6.54 Å². The Labute approximate surface area is 121 Å². The Morgan fingerprint density at radius 1 is 1.42 bits per heavy atom. The predicted molar refractivity (Wildman–Crippen MR) is 80.7 cm³/mol. The summed E-state index contributed by atoms with van der Waals surface area (Å²) in [5.41, 5.74) is 2.68. The fourth-order valence-electron chi connectivity index (χ4n) is 3.45. The van der Waals surface area contributed by atoms with Crippen LogP contribution in [0.25, 0.3) is 0 Å². The Hall–Kier alpha value is -0.540. The summed E-state index contributed by atoms with van der Waals surface area (Å²) in [4.78, 5) is 0. The van der Waals surface area contributed by atoms with E-state index >= 15 is 0 Å². The van der Waals surface area contributed by atoms with Crippen LogP contribution < -0.4 is 5.32 Å². The smallest absolute Gasteiger partial charge is 0.130 e. The Kier molecular flexibility index (Phi) is 4.57. The molecule has 0 radical (unpaired) electrons. The number of hydrogen-bond acceptors (Lipinski definition) is 2. The highest BCUT2D eigenvalue weighted by molar-refractivity contribution is 6.30. The summed E-state index contributed by atoms with van der Waals surface area (Å²) in [6.45, 7) is 7.67. The SMILES string of the molecule is CCNC(Cc1c(C)nn(C)c1Cl)C1(C)CCCC1. The van der Waals surface area contributed by atoms with Gasteiger partial charge in [-0.15, -0.1) is 0 Å². The van der Waals surface area contributed by atoms with Crippen LogP contribution in [0.5, 0.6) is 0 Å². The summed E-state index contributed by atoms with van der Waals surface area (Å²) in [7, 11) is 1.92. The molecule has 1 aliphatic rings. The maximum atomic E-state index is 6.38. The highest BCUT2D eigenvalue weighted by Gasteiger charge is 2.37. The van der Waals surface area contributed by atoms with Crippen LogP contribution in [0, 0.1) is 12.3 Å². The molecule has 1 fully saturated rings. The lowest BCUT2D eigenvalue weighted by atomic mass is 9.78. The van der Waals surface area contributed by atoms with Crippen LogP contribution in [-0.2, 0) is 13.5 Å². The Morgan fingerprint density at radius 2 is 2.05 bits per heavy atom. The lowest BCUT2D eigenvalue weighted by molar-refractivity contribution is 0.222. The van der Waals surface area contributed by atoms with E-state index in [1.807, 2.05) is 7.05 Å². The van der Waals surface area contributed by atoms with Gasteiger partial charge < -0.3 is 5.32 Å². The predicted octanol–water partition coefficient (Wildman–Crippen LogP) is 3.48. The molecule has 1 aromatic rings. The minimum absolute atomic E-state index is 0.404. The molecule has 4 heteroatoms. The van der Waals surface area contributed by atoms with Crippen molar-refractivity contribution in [2.45, 2.75) is 58.9 Å². The van der Waals surface area contributed by atoms with Crippen LogP contribution in [0.15, 0.2) is 0 Å². The molecule has 1 saturated carbocycles. The highest BCUT2D eigenvalue weighted by atomic mass is 35.5. The molecule has 2 rings (SSSR count). The zero-order valence-corrected chi connectivity index (χ0v) is 13.3. The van der Waals surface area contributed by atoms with E-state index in [1.165, 1.54) is 31.2 Å². The van der Waals surface area contributed by atoms with E-state index < -0.39 is 0 Å². The quantitative estimate of drug-likeness (QED) is 0.897. The van der Waals surface area contributed by atoms with Gasteiger partial charge in [-0.3, -0.25) is 4.68 Å². The van der Waals surface area contributed by atoms with Gasteiger partial charge in [0.25, 0.3) is 0 Å². The summed E-state index contributed by atoms with van der Waals surface area (Å²) < 4.78 is 1.78. The van der Waals surface area contributed by atoms with E-state index in [-0.39, 0.29) is 0 Å². The maximum absolute atomic E-state index is 6.38. The number of aromatic nitrogens is 2. The van der Waals surface area contributed by atoms with Crippen molar-refractivity contribution in [3.05, 3.63) is 16.4 Å². The Bertz CT molecular complexity index is 433. The van der Waals surface area contributed by atoms with Crippen LogP contribution in [0.2, 0.25) is 5.15 Å². The summed E-state index contributed by atoms with van der Waals surface area (Å²) in [5, 5.41) is 8.91. The van der Waals surface area contributed by atoms with E-state index in [2.05, 4.69) is 31.2 Å². The normalized spacial score (nSPS) is 19.8. The van der Waals surface area contributed by atoms with Crippen LogP contribution >= 0.6 is 11.6 Å². The van der Waals surface area contributed by atoms with E-state index in [4.69, 9.17) is 11.6 Å². The third kappa shape index (κ3) is 2.97. The van der Waals surface area contributed by atoms with Gasteiger partial charge in [0.05, 0.1) is 5.69 Å². The molecule has 0 aliphatic heterocycles. The highest BCUT2D eigenvalue weighted by Crippen LogP contribution is 2.42. The first kappa shape index (κ1) is 14.9. The molecular formula is C15H26ClN3. The second kappa shape index (κ2) is 5.84. The molecule has 0 bridgehead atoms. The number of nitrogens with zero attached hydrogens (tertiary/aromatic N) is 2. The number of halogens is 1. The summed E-state index contributed by atoms with van der Waals surface area (Å²) in [5.74, 6) is 0. The first-order valence-electron chi connectivity index (χ1n) is 7.39. The molecule has 1 heterocycles. The molecule has 19 heavy (non-hydrogen) atoms. The third-order valence-electron chi connectivity index (χ3n) is 4.72. The largest absolute Gasteiger partial charge is 0.313 e. The van der Waals surface area contributed by atoms with E-state index in [0.717, 1.165) is 23.8 Å². The minimum atomic E-state index is 0.404. The minimum Gasteiger partial charge on any atom is -0.313 e. The van der Waals surface area contributed by atoms with E-state index in [9.17, 15) is 0 Å². The average molecular weight is 284 g/mol. The molecule has 1 unspecified atom stereocenters. The number of rotatable bonds is 5. The van der Waals surface area contributed by atoms with E-state index in [0.29, 0.717) is 11.5 Å². The first-order chi connectivity index (χ1) is 8.98. The average Bonchev–Trinajstić information content (AvgIpc) is 2.89. The fourth-order valence-corrected chi connectivity index (χ4v) is 3.70. The Morgan fingerprint density at radius 3 is 2.53 bits per heavy atom. The van der Waals surface area contributed by atoms with Gasteiger partial charge in [0.2, 0.25) is 0 Å². The summed E-state index contributed by atoms with van der Waals surface area (Å²) in [6, 6.07) is 0.500. The van der Waals surface area contributed by atoms with Crippen molar-refractivity contribution in [3.8, 4) is 0 Å². The molecule has 0 amide bonds. The van der Waals surface area contributed by atoms with Crippen molar-refractivity contribution < 1.29 is 0 Å². The van der Waals surface area contributed by atoms with Crippen LogP contribution in [0.1, 0.15) is 50.8 Å². The number of nitrogens with one attached hydrogen (secondary N) is 1. The first-order valence-corrected chi connectivity index (χ1v) is 7.77. The monoisotopic (exact) mass is 283 g/mol. The molecule has 108 valence electrons. The molecule has 0 saturated heterocycles. The van der Waals surface area contributed by atoms with Gasteiger partial charge in [-0.25, -0.2) is 0 Å². The van der Waals surface area contributed by atoms with Gasteiger partial charge in [-0.05, 0) is 38.1 Å². The van der Waals surface area contributed by atoms with Crippen molar-refractivity contribution in [1.82, 2.24) is 15.1 Å². The van der Waals surface area contributed by atoms with Crippen LogP contribution in [0.3, 0.4) is 0 Å². The number of likely N-dealkylation sites (N-methyl/N-ethyl adjacent to an activating group) is 1. The van der Waals surface area contributed by atoms with Crippen LogP contribution in [0.4, 0.5) is 0 Å². The molecule has 0 aromatic carbocycles. The maximum Gasteiger partial charge on any atom is 0.130 e. The van der Waals surface area contributed by atoms with Gasteiger partial charge in [0, 0.05) is 18.7 Å². The van der Waals surface area contributed by atoms with Gasteiger partial charge in [0.1, 0.15) is 5.15 Å². The van der Waals surface area contributed by atoms with Gasteiger partial charge in [-0.1, -0.05) is 38.3 Å². The van der Waals surface area contributed by atoms with Crippen LogP contribution in [-0.4, -0.2) is 22.4 Å². The molecule has 0 spiro atoms. The molecule has 1 atom stereocenters. The number of hydrogen-bond donors (Lipinski definition) is 1. The van der Waals surface area contributed by atoms with Gasteiger partial charge >= 0.3 is 0 Å². The second-order valence-corrected chi connectivity index (χ2v) is 6.51. The van der Waals surface area contributed by atoms with Crippen molar-refractivity contribution >= 4 is 11.6 Å². The standard InChI is InChI=1S/C15H26ClN3/c1-5-17-13(15(3)8-6-7-9-15)10-12-11(2)18-19(4)14(12)16/h13,17H,5-10H2,1-4H3. The molecule has 3 nitrogen and oxygen atoms in total. The van der Waals surface area contributed by atoms with Gasteiger partial charge in [0.15, 0.2) is 0 Å². The van der Waals surface area contributed by atoms with Crippen molar-refractivity contribution in [1.29, 1.82) is 0 Å². The fraction of sp³-hybridized carbons (Fsp3) is 0.800. The lowest BCUT2D eigenvalue weighted by Gasteiger charge is -2.35. The summed E-state index contributed by atoms with van der Waals surface area (Å²) in [6.07, 6.45) is 6.35. The zero-order valence-electron chi connectivity index (χ0n) is 12.6.